The van der Waals surface area contributed by atoms with Crippen LogP contribution in [0.3, 0.4) is 0 Å². The minimum Gasteiger partial charge on any atom is -0.356 e. The van der Waals surface area contributed by atoms with Crippen LogP contribution in [0.25, 0.3) is 0 Å². The SMILES string of the molecule is CN=C(NCCCN(C)C)NCC1(CC(C)C)CCC1.I. The van der Waals surface area contributed by atoms with E-state index in [2.05, 4.69) is 48.5 Å². The van der Waals surface area contributed by atoms with Gasteiger partial charge >= 0.3 is 0 Å². The van der Waals surface area contributed by atoms with Gasteiger partial charge in [-0.1, -0.05) is 20.3 Å². The molecule has 1 aliphatic carbocycles. The molecule has 4 nitrogen and oxygen atoms in total. The summed E-state index contributed by atoms with van der Waals surface area (Å²) in [5.74, 6) is 1.74. The summed E-state index contributed by atoms with van der Waals surface area (Å²) in [6, 6.07) is 0. The highest BCUT2D eigenvalue weighted by molar-refractivity contribution is 14.0. The highest BCUT2D eigenvalue weighted by Gasteiger charge is 2.37. The molecule has 0 aromatic carbocycles. The summed E-state index contributed by atoms with van der Waals surface area (Å²) in [4.78, 5) is 6.54. The van der Waals surface area contributed by atoms with Crippen molar-refractivity contribution in [2.45, 2.75) is 46.0 Å². The molecule has 0 bridgehead atoms. The number of nitrogens with one attached hydrogen (secondary N) is 2. The number of rotatable bonds is 8. The monoisotopic (exact) mass is 410 g/mol. The summed E-state index contributed by atoms with van der Waals surface area (Å²) in [5.41, 5.74) is 0.523. The molecule has 0 atom stereocenters. The second kappa shape index (κ2) is 10.6. The molecule has 2 N–H and O–H groups in total. The lowest BCUT2D eigenvalue weighted by atomic mass is 9.64. The largest absolute Gasteiger partial charge is 0.356 e. The molecule has 1 saturated carbocycles. The van der Waals surface area contributed by atoms with Gasteiger partial charge in [-0.15, -0.1) is 24.0 Å². The smallest absolute Gasteiger partial charge is 0.190 e. The van der Waals surface area contributed by atoms with Crippen LogP contribution in [0.4, 0.5) is 0 Å². The lowest BCUT2D eigenvalue weighted by molar-refractivity contribution is 0.104. The molecular formula is C16H35IN4. The predicted octanol–water partition coefficient (Wildman–Crippen LogP) is 2.94. The zero-order chi connectivity index (χ0) is 15.0. The first-order chi connectivity index (χ1) is 9.47. The number of guanidine groups is 1. The van der Waals surface area contributed by atoms with Gasteiger partial charge in [0.15, 0.2) is 5.96 Å². The van der Waals surface area contributed by atoms with Crippen molar-refractivity contribution < 1.29 is 0 Å². The lowest BCUT2D eigenvalue weighted by Crippen LogP contribution is -2.47. The van der Waals surface area contributed by atoms with E-state index in [1.807, 2.05) is 7.05 Å². The Bertz CT molecular complexity index is 299. The number of aliphatic imine (C=N–C) groups is 1. The molecule has 0 saturated heterocycles. The topological polar surface area (TPSA) is 39.7 Å². The standard InChI is InChI=1S/C16H34N4.HI/c1-14(2)12-16(8-6-9-16)13-19-15(17-3)18-10-7-11-20(4)5;/h14H,6-13H2,1-5H3,(H2,17,18,19);1H. The Morgan fingerprint density at radius 1 is 1.24 bits per heavy atom. The summed E-state index contributed by atoms with van der Waals surface area (Å²) in [5, 5.41) is 6.94. The van der Waals surface area contributed by atoms with Crippen LogP contribution in [0.2, 0.25) is 0 Å². The van der Waals surface area contributed by atoms with Gasteiger partial charge in [-0.3, -0.25) is 4.99 Å². The molecule has 5 heteroatoms. The molecule has 0 spiro atoms. The Morgan fingerprint density at radius 2 is 1.90 bits per heavy atom. The fourth-order valence-electron chi connectivity index (χ4n) is 3.09. The van der Waals surface area contributed by atoms with Crippen LogP contribution in [0.15, 0.2) is 4.99 Å². The van der Waals surface area contributed by atoms with E-state index in [-0.39, 0.29) is 24.0 Å². The van der Waals surface area contributed by atoms with Gasteiger partial charge in [-0.2, -0.15) is 0 Å². The van der Waals surface area contributed by atoms with Crippen LogP contribution >= 0.6 is 24.0 Å². The van der Waals surface area contributed by atoms with Crippen molar-refractivity contribution in [1.29, 1.82) is 0 Å². The van der Waals surface area contributed by atoms with Crippen LogP contribution in [0, 0.1) is 11.3 Å². The third kappa shape index (κ3) is 8.24. The third-order valence-electron chi connectivity index (χ3n) is 4.18. The maximum Gasteiger partial charge on any atom is 0.190 e. The first-order valence-corrected chi connectivity index (χ1v) is 8.07. The van der Waals surface area contributed by atoms with Gasteiger partial charge in [0, 0.05) is 20.1 Å². The number of hydrogen-bond acceptors (Lipinski definition) is 2. The molecule has 1 fully saturated rings. The Morgan fingerprint density at radius 3 is 2.33 bits per heavy atom. The molecule has 0 heterocycles. The van der Waals surface area contributed by atoms with Gasteiger partial charge in [0.25, 0.3) is 0 Å². The molecule has 126 valence electrons. The van der Waals surface area contributed by atoms with Crippen LogP contribution in [0.5, 0.6) is 0 Å². The first-order valence-electron chi connectivity index (χ1n) is 8.07. The Kier molecular flexibility index (Phi) is 10.6. The van der Waals surface area contributed by atoms with Crippen LogP contribution < -0.4 is 10.6 Å². The molecule has 0 aromatic heterocycles. The quantitative estimate of drug-likeness (QED) is 0.280. The van der Waals surface area contributed by atoms with Crippen molar-refractivity contribution in [3.05, 3.63) is 0 Å². The minimum atomic E-state index is 0. The molecule has 0 unspecified atom stereocenters. The van der Waals surface area contributed by atoms with Gasteiger partial charge in [0.05, 0.1) is 0 Å². The predicted molar refractivity (Wildman–Crippen MR) is 104 cm³/mol. The molecule has 0 amide bonds. The second-order valence-corrected chi connectivity index (χ2v) is 6.96. The first kappa shape index (κ1) is 21.0. The van der Waals surface area contributed by atoms with E-state index >= 15 is 0 Å². The van der Waals surface area contributed by atoms with E-state index in [0.29, 0.717) is 5.41 Å². The average molecular weight is 410 g/mol. The molecule has 0 aromatic rings. The van der Waals surface area contributed by atoms with E-state index in [9.17, 15) is 0 Å². The van der Waals surface area contributed by atoms with Gasteiger partial charge < -0.3 is 15.5 Å². The van der Waals surface area contributed by atoms with E-state index < -0.39 is 0 Å². The van der Waals surface area contributed by atoms with Crippen LogP contribution in [-0.2, 0) is 0 Å². The summed E-state index contributed by atoms with van der Waals surface area (Å²) in [6.45, 7) is 7.82. The fraction of sp³-hybridized carbons (Fsp3) is 0.938. The molecular weight excluding hydrogens is 375 g/mol. The van der Waals surface area contributed by atoms with E-state index in [1.165, 1.54) is 25.7 Å². The van der Waals surface area contributed by atoms with Gasteiger partial charge in [-0.25, -0.2) is 0 Å². The maximum absolute atomic E-state index is 4.33. The van der Waals surface area contributed by atoms with Crippen LogP contribution in [-0.4, -0.2) is 51.6 Å². The summed E-state index contributed by atoms with van der Waals surface area (Å²) in [6.07, 6.45) is 6.61. The highest BCUT2D eigenvalue weighted by atomic mass is 127. The average Bonchev–Trinajstić information content (AvgIpc) is 2.33. The van der Waals surface area contributed by atoms with E-state index in [0.717, 1.165) is 37.9 Å². The van der Waals surface area contributed by atoms with Crippen molar-refractivity contribution in [3.63, 3.8) is 0 Å². The maximum atomic E-state index is 4.33. The minimum absolute atomic E-state index is 0. The van der Waals surface area contributed by atoms with Crippen molar-refractivity contribution in [2.75, 3.05) is 40.8 Å². The molecule has 0 radical (unpaired) electrons. The molecule has 1 aliphatic rings. The van der Waals surface area contributed by atoms with Crippen molar-refractivity contribution in [1.82, 2.24) is 15.5 Å². The molecule has 1 rings (SSSR count). The molecule has 0 aliphatic heterocycles. The summed E-state index contributed by atoms with van der Waals surface area (Å²) in [7, 11) is 6.08. The van der Waals surface area contributed by atoms with E-state index in [1.54, 1.807) is 0 Å². The van der Waals surface area contributed by atoms with Gasteiger partial charge in [0.2, 0.25) is 0 Å². The number of hydrogen-bond donors (Lipinski definition) is 2. The second-order valence-electron chi connectivity index (χ2n) is 6.96. The van der Waals surface area contributed by atoms with Crippen LogP contribution in [0.1, 0.15) is 46.0 Å². The number of nitrogens with zero attached hydrogens (tertiary/aromatic N) is 2. The molecule has 21 heavy (non-hydrogen) atoms. The number of halogens is 1. The highest BCUT2D eigenvalue weighted by Crippen LogP contribution is 2.45. The zero-order valence-corrected chi connectivity index (χ0v) is 16.9. The van der Waals surface area contributed by atoms with Gasteiger partial charge in [-0.05, 0) is 57.7 Å². The normalized spacial score (nSPS) is 17.4. The van der Waals surface area contributed by atoms with Crippen molar-refractivity contribution in [2.24, 2.45) is 16.3 Å². The fourth-order valence-corrected chi connectivity index (χ4v) is 3.09. The zero-order valence-electron chi connectivity index (χ0n) is 14.5. The van der Waals surface area contributed by atoms with E-state index in [4.69, 9.17) is 0 Å². The summed E-state index contributed by atoms with van der Waals surface area (Å²) >= 11 is 0. The van der Waals surface area contributed by atoms with Crippen molar-refractivity contribution >= 4 is 29.9 Å². The summed E-state index contributed by atoms with van der Waals surface area (Å²) < 4.78 is 0. The van der Waals surface area contributed by atoms with Gasteiger partial charge in [0.1, 0.15) is 0 Å². The van der Waals surface area contributed by atoms with Crippen molar-refractivity contribution in [3.8, 4) is 0 Å². The third-order valence-corrected chi connectivity index (χ3v) is 4.18. The lowest BCUT2D eigenvalue weighted by Gasteiger charge is -2.43. The Hall–Kier alpha value is -0.0400. The Balaban J connectivity index is 0.00000400. The Labute approximate surface area is 148 Å².